The van der Waals surface area contributed by atoms with E-state index in [0.29, 0.717) is 0 Å². The number of piperazine rings is 1. The molecule has 0 bridgehead atoms. The van der Waals surface area contributed by atoms with Crippen molar-refractivity contribution in [3.8, 4) is 0 Å². The summed E-state index contributed by atoms with van der Waals surface area (Å²) in [5, 5.41) is 0. The van der Waals surface area contributed by atoms with Crippen LogP contribution >= 0.6 is 0 Å². The Labute approximate surface area is 111 Å². The van der Waals surface area contributed by atoms with Gasteiger partial charge in [-0.1, -0.05) is 29.3 Å². The van der Waals surface area contributed by atoms with Crippen LogP contribution in [0.15, 0.2) is 35.9 Å². The van der Waals surface area contributed by atoms with Crippen molar-refractivity contribution in [1.29, 1.82) is 0 Å². The van der Waals surface area contributed by atoms with Crippen molar-refractivity contribution >= 4 is 5.69 Å². The van der Waals surface area contributed by atoms with Crippen molar-refractivity contribution < 1.29 is 0 Å². The van der Waals surface area contributed by atoms with Crippen LogP contribution in [0.25, 0.3) is 0 Å². The standard InChI is InChI=1S/C16H24N2/c1-4-14(2)13-17-9-11-18(12-10-17)16-7-5-15(3)6-8-16/h4-8H,9-13H2,1-3H3/b14-4+. The van der Waals surface area contributed by atoms with E-state index in [1.807, 2.05) is 0 Å². The largest absolute Gasteiger partial charge is 0.369 e. The van der Waals surface area contributed by atoms with Gasteiger partial charge in [0, 0.05) is 38.4 Å². The zero-order valence-electron chi connectivity index (χ0n) is 11.8. The minimum atomic E-state index is 1.12. The van der Waals surface area contributed by atoms with Gasteiger partial charge in [0.2, 0.25) is 0 Å². The fourth-order valence-corrected chi connectivity index (χ4v) is 2.36. The van der Waals surface area contributed by atoms with Crippen LogP contribution in [0, 0.1) is 6.92 Å². The summed E-state index contributed by atoms with van der Waals surface area (Å²) in [5.41, 5.74) is 4.17. The van der Waals surface area contributed by atoms with E-state index >= 15 is 0 Å². The van der Waals surface area contributed by atoms with Gasteiger partial charge in [-0.25, -0.2) is 0 Å². The van der Waals surface area contributed by atoms with Gasteiger partial charge < -0.3 is 4.90 Å². The number of rotatable bonds is 3. The Morgan fingerprint density at radius 1 is 1.11 bits per heavy atom. The van der Waals surface area contributed by atoms with Gasteiger partial charge in [0.05, 0.1) is 0 Å². The van der Waals surface area contributed by atoms with Crippen molar-refractivity contribution in [3.63, 3.8) is 0 Å². The molecule has 1 saturated heterocycles. The third-order valence-electron chi connectivity index (χ3n) is 3.74. The van der Waals surface area contributed by atoms with Crippen LogP contribution < -0.4 is 4.90 Å². The highest BCUT2D eigenvalue weighted by atomic mass is 15.3. The molecule has 0 unspecified atom stereocenters. The average molecular weight is 244 g/mol. The first-order valence-electron chi connectivity index (χ1n) is 6.85. The van der Waals surface area contributed by atoms with E-state index in [2.05, 4.69) is 60.9 Å². The normalized spacial score (nSPS) is 18.2. The number of hydrogen-bond donors (Lipinski definition) is 0. The molecule has 18 heavy (non-hydrogen) atoms. The second kappa shape index (κ2) is 6.05. The van der Waals surface area contributed by atoms with E-state index in [4.69, 9.17) is 0 Å². The van der Waals surface area contributed by atoms with Crippen LogP contribution in [0.3, 0.4) is 0 Å². The Morgan fingerprint density at radius 2 is 1.72 bits per heavy atom. The van der Waals surface area contributed by atoms with Crippen molar-refractivity contribution in [1.82, 2.24) is 4.90 Å². The second-order valence-electron chi connectivity index (χ2n) is 5.23. The predicted molar refractivity (Wildman–Crippen MR) is 79.3 cm³/mol. The highest BCUT2D eigenvalue weighted by Gasteiger charge is 2.16. The molecule has 0 saturated carbocycles. The Balaban J connectivity index is 1.88. The van der Waals surface area contributed by atoms with Crippen molar-refractivity contribution in [2.75, 3.05) is 37.6 Å². The topological polar surface area (TPSA) is 6.48 Å². The second-order valence-corrected chi connectivity index (χ2v) is 5.23. The molecule has 1 heterocycles. The molecule has 0 aliphatic carbocycles. The van der Waals surface area contributed by atoms with E-state index in [1.54, 1.807) is 0 Å². The molecular weight excluding hydrogens is 220 g/mol. The number of allylic oxidation sites excluding steroid dienone is 1. The minimum Gasteiger partial charge on any atom is -0.369 e. The minimum absolute atomic E-state index is 1.12. The lowest BCUT2D eigenvalue weighted by Crippen LogP contribution is -2.46. The molecule has 98 valence electrons. The molecule has 0 atom stereocenters. The lowest BCUT2D eigenvalue weighted by Gasteiger charge is -2.36. The van der Waals surface area contributed by atoms with Gasteiger partial charge in [0.15, 0.2) is 0 Å². The lowest BCUT2D eigenvalue weighted by molar-refractivity contribution is 0.278. The van der Waals surface area contributed by atoms with E-state index in [9.17, 15) is 0 Å². The smallest absolute Gasteiger partial charge is 0.0367 e. The van der Waals surface area contributed by atoms with Crippen LogP contribution in [0.2, 0.25) is 0 Å². The van der Waals surface area contributed by atoms with Crippen LogP contribution in [0.5, 0.6) is 0 Å². The van der Waals surface area contributed by atoms with E-state index in [0.717, 1.165) is 19.6 Å². The number of anilines is 1. The molecule has 0 aromatic heterocycles. The van der Waals surface area contributed by atoms with E-state index < -0.39 is 0 Å². The van der Waals surface area contributed by atoms with Crippen molar-refractivity contribution in [3.05, 3.63) is 41.5 Å². The molecule has 0 radical (unpaired) electrons. The number of aryl methyl sites for hydroxylation is 1. The summed E-state index contributed by atoms with van der Waals surface area (Å²) in [6, 6.07) is 8.88. The molecule has 2 heteroatoms. The number of benzene rings is 1. The SMILES string of the molecule is C/C=C(\C)CN1CCN(c2ccc(C)cc2)CC1. The van der Waals surface area contributed by atoms with Crippen LogP contribution in [-0.2, 0) is 0 Å². The molecule has 2 nitrogen and oxygen atoms in total. The zero-order chi connectivity index (χ0) is 13.0. The number of hydrogen-bond acceptors (Lipinski definition) is 2. The molecule has 1 aliphatic rings. The van der Waals surface area contributed by atoms with Crippen molar-refractivity contribution in [2.24, 2.45) is 0 Å². The molecule has 1 fully saturated rings. The quantitative estimate of drug-likeness (QED) is 0.754. The Bertz CT molecular complexity index is 398. The van der Waals surface area contributed by atoms with Gasteiger partial charge in [0.1, 0.15) is 0 Å². The third kappa shape index (κ3) is 3.36. The lowest BCUT2D eigenvalue weighted by atomic mass is 10.2. The van der Waals surface area contributed by atoms with E-state index in [1.165, 1.54) is 29.9 Å². The van der Waals surface area contributed by atoms with Gasteiger partial charge in [-0.2, -0.15) is 0 Å². The summed E-state index contributed by atoms with van der Waals surface area (Å²) < 4.78 is 0. The third-order valence-corrected chi connectivity index (χ3v) is 3.74. The summed E-state index contributed by atoms with van der Waals surface area (Å²) in [7, 11) is 0. The summed E-state index contributed by atoms with van der Waals surface area (Å²) in [5.74, 6) is 0. The maximum Gasteiger partial charge on any atom is 0.0367 e. The molecule has 1 aliphatic heterocycles. The Morgan fingerprint density at radius 3 is 2.28 bits per heavy atom. The summed E-state index contributed by atoms with van der Waals surface area (Å²) >= 11 is 0. The van der Waals surface area contributed by atoms with Crippen molar-refractivity contribution in [2.45, 2.75) is 20.8 Å². The highest BCUT2D eigenvalue weighted by molar-refractivity contribution is 5.47. The fraction of sp³-hybridized carbons (Fsp3) is 0.500. The van der Waals surface area contributed by atoms with Gasteiger partial charge in [-0.05, 0) is 32.9 Å². The first-order valence-corrected chi connectivity index (χ1v) is 6.85. The average Bonchev–Trinajstić information content (AvgIpc) is 2.40. The van der Waals surface area contributed by atoms with Gasteiger partial charge in [-0.15, -0.1) is 0 Å². The van der Waals surface area contributed by atoms with E-state index in [-0.39, 0.29) is 0 Å². The maximum absolute atomic E-state index is 2.54. The molecular formula is C16H24N2. The van der Waals surface area contributed by atoms with Gasteiger partial charge >= 0.3 is 0 Å². The summed E-state index contributed by atoms with van der Waals surface area (Å²) in [6.45, 7) is 12.2. The van der Waals surface area contributed by atoms with Crippen LogP contribution in [-0.4, -0.2) is 37.6 Å². The molecule has 0 amide bonds. The first kappa shape index (κ1) is 13.2. The number of nitrogens with zero attached hydrogens (tertiary/aromatic N) is 2. The molecule has 2 rings (SSSR count). The Kier molecular flexibility index (Phi) is 4.43. The zero-order valence-corrected chi connectivity index (χ0v) is 11.8. The van der Waals surface area contributed by atoms with Crippen LogP contribution in [0.4, 0.5) is 5.69 Å². The molecule has 1 aromatic rings. The van der Waals surface area contributed by atoms with Crippen LogP contribution in [0.1, 0.15) is 19.4 Å². The van der Waals surface area contributed by atoms with Gasteiger partial charge in [0.25, 0.3) is 0 Å². The molecule has 0 spiro atoms. The molecule has 0 N–H and O–H groups in total. The summed E-state index contributed by atoms with van der Waals surface area (Å²) in [6.07, 6.45) is 2.21. The highest BCUT2D eigenvalue weighted by Crippen LogP contribution is 2.17. The Hall–Kier alpha value is -1.28. The summed E-state index contributed by atoms with van der Waals surface area (Å²) in [4.78, 5) is 5.03. The van der Waals surface area contributed by atoms with Gasteiger partial charge in [-0.3, -0.25) is 4.90 Å². The fourth-order valence-electron chi connectivity index (χ4n) is 2.36. The first-order chi connectivity index (χ1) is 8.69. The predicted octanol–water partition coefficient (Wildman–Crippen LogP) is 3.08. The monoisotopic (exact) mass is 244 g/mol. The molecule has 1 aromatic carbocycles. The maximum atomic E-state index is 2.54.